The lowest BCUT2D eigenvalue weighted by atomic mass is 10.3. The summed E-state index contributed by atoms with van der Waals surface area (Å²) in [4.78, 5) is 0. The van der Waals surface area contributed by atoms with E-state index in [-0.39, 0.29) is 0 Å². The molecule has 0 spiro atoms. The zero-order chi connectivity index (χ0) is 12.8. The number of benzene rings is 2. The predicted octanol–water partition coefficient (Wildman–Crippen LogP) is 4.67. The average molecular weight is 372 g/mol. The van der Waals surface area contributed by atoms with Gasteiger partial charge in [0.2, 0.25) is 0 Å². The molecule has 0 heterocycles. The molecule has 0 aromatic heterocycles. The minimum Gasteiger partial charge on any atom is -0.490 e. The van der Waals surface area contributed by atoms with Crippen LogP contribution in [0, 0.1) is 0 Å². The molecule has 0 bridgehead atoms. The first-order valence-corrected chi connectivity index (χ1v) is 7.09. The van der Waals surface area contributed by atoms with Crippen molar-refractivity contribution in [1.82, 2.24) is 0 Å². The number of ether oxygens (including phenoxy) is 2. The Morgan fingerprint density at radius 1 is 0.722 bits per heavy atom. The maximum absolute atomic E-state index is 5.57. The van der Waals surface area contributed by atoms with Gasteiger partial charge >= 0.3 is 0 Å². The van der Waals surface area contributed by atoms with E-state index in [0.29, 0.717) is 13.2 Å². The normalized spacial score (nSPS) is 10.1. The van der Waals surface area contributed by atoms with Crippen molar-refractivity contribution >= 4 is 31.9 Å². The summed E-state index contributed by atoms with van der Waals surface area (Å²) in [5, 5.41) is 0. The highest BCUT2D eigenvalue weighted by Gasteiger charge is 1.96. The number of halogens is 2. The molecule has 0 N–H and O–H groups in total. The van der Waals surface area contributed by atoms with Gasteiger partial charge in [0.15, 0.2) is 0 Å². The summed E-state index contributed by atoms with van der Waals surface area (Å²) in [5.74, 6) is 1.68. The van der Waals surface area contributed by atoms with Crippen molar-refractivity contribution in [1.29, 1.82) is 0 Å². The molecule has 0 saturated heterocycles. The van der Waals surface area contributed by atoms with Gasteiger partial charge in [0, 0.05) is 8.95 Å². The monoisotopic (exact) mass is 370 g/mol. The van der Waals surface area contributed by atoms with Crippen molar-refractivity contribution in [2.75, 3.05) is 13.2 Å². The molecule has 2 nitrogen and oxygen atoms in total. The molecular formula is C14H12Br2O2. The van der Waals surface area contributed by atoms with Gasteiger partial charge in [-0.25, -0.2) is 0 Å². The Hall–Kier alpha value is -1.00. The molecule has 0 amide bonds. The smallest absolute Gasteiger partial charge is 0.122 e. The fraction of sp³-hybridized carbons (Fsp3) is 0.143. The minimum atomic E-state index is 0.520. The van der Waals surface area contributed by atoms with E-state index in [1.165, 1.54) is 0 Å². The largest absolute Gasteiger partial charge is 0.490 e. The van der Waals surface area contributed by atoms with Crippen LogP contribution in [-0.4, -0.2) is 13.2 Å². The number of rotatable bonds is 5. The second-order valence-corrected chi connectivity index (χ2v) is 5.44. The van der Waals surface area contributed by atoms with Crippen molar-refractivity contribution in [3.05, 3.63) is 57.5 Å². The van der Waals surface area contributed by atoms with E-state index in [4.69, 9.17) is 9.47 Å². The van der Waals surface area contributed by atoms with Crippen molar-refractivity contribution < 1.29 is 9.47 Å². The predicted molar refractivity (Wildman–Crippen MR) is 79.3 cm³/mol. The summed E-state index contributed by atoms with van der Waals surface area (Å²) >= 11 is 6.78. The third-order valence-electron chi connectivity index (χ3n) is 2.23. The van der Waals surface area contributed by atoms with Crippen LogP contribution in [0.5, 0.6) is 11.5 Å². The van der Waals surface area contributed by atoms with E-state index in [1.807, 2.05) is 48.5 Å². The Bertz CT molecular complexity index is 497. The molecule has 0 aliphatic rings. The Labute approximate surface area is 123 Å². The maximum atomic E-state index is 5.57. The molecule has 0 radical (unpaired) electrons. The van der Waals surface area contributed by atoms with Gasteiger partial charge in [0.1, 0.15) is 24.7 Å². The zero-order valence-corrected chi connectivity index (χ0v) is 12.8. The third-order valence-corrected chi connectivity index (χ3v) is 3.25. The SMILES string of the molecule is Brc1ccc(OCCOc2cccc(Br)c2)cc1. The van der Waals surface area contributed by atoms with Gasteiger partial charge in [0.25, 0.3) is 0 Å². The van der Waals surface area contributed by atoms with E-state index >= 15 is 0 Å². The highest BCUT2D eigenvalue weighted by molar-refractivity contribution is 9.10. The quantitative estimate of drug-likeness (QED) is 0.711. The first kappa shape index (κ1) is 13.4. The fourth-order valence-electron chi connectivity index (χ4n) is 1.41. The van der Waals surface area contributed by atoms with Crippen molar-refractivity contribution in [2.24, 2.45) is 0 Å². The molecule has 18 heavy (non-hydrogen) atoms. The molecule has 2 aromatic rings. The van der Waals surface area contributed by atoms with E-state index in [0.717, 1.165) is 20.4 Å². The number of hydrogen-bond acceptors (Lipinski definition) is 2. The molecule has 0 fully saturated rings. The van der Waals surface area contributed by atoms with Crippen LogP contribution in [0.4, 0.5) is 0 Å². The van der Waals surface area contributed by atoms with Gasteiger partial charge in [-0.05, 0) is 42.5 Å². The second kappa shape index (κ2) is 6.81. The van der Waals surface area contributed by atoms with Gasteiger partial charge in [-0.2, -0.15) is 0 Å². The van der Waals surface area contributed by atoms with Crippen LogP contribution in [0.2, 0.25) is 0 Å². The van der Waals surface area contributed by atoms with Crippen molar-refractivity contribution in [3.8, 4) is 11.5 Å². The lowest BCUT2D eigenvalue weighted by Crippen LogP contribution is -2.08. The molecule has 0 saturated carbocycles. The van der Waals surface area contributed by atoms with Crippen LogP contribution < -0.4 is 9.47 Å². The summed E-state index contributed by atoms with van der Waals surface area (Å²) in [7, 11) is 0. The molecule has 4 heteroatoms. The summed E-state index contributed by atoms with van der Waals surface area (Å²) in [5.41, 5.74) is 0. The molecule has 2 rings (SSSR count). The Kier molecular flexibility index (Phi) is 5.08. The molecule has 0 atom stereocenters. The van der Waals surface area contributed by atoms with Crippen LogP contribution in [0.25, 0.3) is 0 Å². The van der Waals surface area contributed by atoms with E-state index in [9.17, 15) is 0 Å². The Balaban J connectivity index is 1.74. The van der Waals surface area contributed by atoms with Crippen molar-refractivity contribution in [2.45, 2.75) is 0 Å². The molecular weight excluding hydrogens is 360 g/mol. The first-order valence-electron chi connectivity index (χ1n) is 5.51. The van der Waals surface area contributed by atoms with Gasteiger partial charge in [-0.1, -0.05) is 37.9 Å². The highest BCUT2D eigenvalue weighted by Crippen LogP contribution is 2.18. The summed E-state index contributed by atoms with van der Waals surface area (Å²) in [6, 6.07) is 15.5. The van der Waals surface area contributed by atoms with Crippen LogP contribution in [-0.2, 0) is 0 Å². The molecule has 0 aliphatic carbocycles. The molecule has 94 valence electrons. The van der Waals surface area contributed by atoms with Gasteiger partial charge in [-0.3, -0.25) is 0 Å². The molecule has 0 aliphatic heterocycles. The summed E-state index contributed by atoms with van der Waals surface area (Å²) in [6.07, 6.45) is 0. The Morgan fingerprint density at radius 3 is 2.06 bits per heavy atom. The summed E-state index contributed by atoms with van der Waals surface area (Å²) in [6.45, 7) is 1.04. The molecule has 0 unspecified atom stereocenters. The second-order valence-electron chi connectivity index (χ2n) is 3.61. The maximum Gasteiger partial charge on any atom is 0.122 e. The van der Waals surface area contributed by atoms with E-state index < -0.39 is 0 Å². The average Bonchev–Trinajstić information content (AvgIpc) is 2.37. The van der Waals surface area contributed by atoms with Crippen LogP contribution in [0.1, 0.15) is 0 Å². The van der Waals surface area contributed by atoms with Crippen LogP contribution in [0.3, 0.4) is 0 Å². The van der Waals surface area contributed by atoms with Crippen LogP contribution >= 0.6 is 31.9 Å². The zero-order valence-electron chi connectivity index (χ0n) is 9.61. The third kappa shape index (κ3) is 4.35. The van der Waals surface area contributed by atoms with E-state index in [2.05, 4.69) is 31.9 Å². The molecule has 2 aromatic carbocycles. The topological polar surface area (TPSA) is 18.5 Å². The first-order chi connectivity index (χ1) is 8.74. The van der Waals surface area contributed by atoms with Crippen molar-refractivity contribution in [3.63, 3.8) is 0 Å². The minimum absolute atomic E-state index is 0.520. The van der Waals surface area contributed by atoms with Gasteiger partial charge in [-0.15, -0.1) is 0 Å². The lowest BCUT2D eigenvalue weighted by Gasteiger charge is -2.08. The highest BCUT2D eigenvalue weighted by atomic mass is 79.9. The van der Waals surface area contributed by atoms with Crippen LogP contribution in [0.15, 0.2) is 57.5 Å². The summed E-state index contributed by atoms with van der Waals surface area (Å²) < 4.78 is 13.2. The lowest BCUT2D eigenvalue weighted by molar-refractivity contribution is 0.217. The van der Waals surface area contributed by atoms with Gasteiger partial charge < -0.3 is 9.47 Å². The Morgan fingerprint density at radius 2 is 1.39 bits per heavy atom. The standard InChI is InChI=1S/C14H12Br2O2/c15-11-4-6-13(7-5-11)17-8-9-18-14-3-1-2-12(16)10-14/h1-7,10H,8-9H2. The fourth-order valence-corrected chi connectivity index (χ4v) is 2.05. The van der Waals surface area contributed by atoms with E-state index in [1.54, 1.807) is 0 Å². The number of hydrogen-bond donors (Lipinski definition) is 0. The van der Waals surface area contributed by atoms with Gasteiger partial charge in [0.05, 0.1) is 0 Å².